The van der Waals surface area contributed by atoms with Crippen molar-refractivity contribution in [1.29, 1.82) is 0 Å². The number of anilines is 1. The van der Waals surface area contributed by atoms with Crippen LogP contribution in [-0.4, -0.2) is 43.4 Å². The zero-order chi connectivity index (χ0) is 16.2. The summed E-state index contributed by atoms with van der Waals surface area (Å²) in [6, 6.07) is 5.36. The van der Waals surface area contributed by atoms with Gasteiger partial charge in [-0.3, -0.25) is 9.10 Å². The number of carboxylic acids is 1. The van der Waals surface area contributed by atoms with Crippen molar-refractivity contribution in [2.45, 2.75) is 25.7 Å². The fourth-order valence-corrected chi connectivity index (χ4v) is 5.74. The minimum Gasteiger partial charge on any atom is -0.481 e. The van der Waals surface area contributed by atoms with Crippen molar-refractivity contribution < 1.29 is 18.3 Å². The lowest BCUT2D eigenvalue weighted by Gasteiger charge is -2.27. The van der Waals surface area contributed by atoms with Crippen LogP contribution in [0.5, 0.6) is 0 Å². The highest BCUT2D eigenvalue weighted by atomic mass is 32.2. The molecule has 7 heteroatoms. The Morgan fingerprint density at radius 3 is 2.52 bits per heavy atom. The Morgan fingerprint density at radius 1 is 1.22 bits per heavy atom. The molecule has 1 aromatic carbocycles. The summed E-state index contributed by atoms with van der Waals surface area (Å²) in [6.45, 7) is 1.71. The Hall–Kier alpha value is -1.60. The first-order valence-electron chi connectivity index (χ1n) is 8.06. The minimum absolute atomic E-state index is 0.0883. The van der Waals surface area contributed by atoms with Crippen LogP contribution in [0.25, 0.3) is 0 Å². The van der Waals surface area contributed by atoms with E-state index in [1.54, 1.807) is 16.4 Å². The van der Waals surface area contributed by atoms with Gasteiger partial charge in [-0.1, -0.05) is 12.1 Å². The van der Waals surface area contributed by atoms with Crippen LogP contribution in [0, 0.1) is 11.8 Å². The lowest BCUT2D eigenvalue weighted by molar-refractivity contribution is -0.136. The third kappa shape index (κ3) is 2.42. The van der Waals surface area contributed by atoms with Crippen molar-refractivity contribution in [3.05, 3.63) is 29.3 Å². The van der Waals surface area contributed by atoms with Gasteiger partial charge in [0, 0.05) is 19.6 Å². The molecule has 2 heterocycles. The number of carboxylic acid groups (broad SMARTS) is 1. The highest BCUT2D eigenvalue weighted by Gasteiger charge is 2.46. The molecule has 1 saturated heterocycles. The van der Waals surface area contributed by atoms with Crippen LogP contribution in [0.4, 0.5) is 5.69 Å². The monoisotopic (exact) mass is 336 g/mol. The molecule has 0 spiro atoms. The lowest BCUT2D eigenvalue weighted by atomic mass is 9.77. The van der Waals surface area contributed by atoms with Gasteiger partial charge in [0.2, 0.25) is 0 Å². The Balaban J connectivity index is 1.63. The van der Waals surface area contributed by atoms with Crippen molar-refractivity contribution >= 4 is 21.9 Å². The average molecular weight is 336 g/mol. The van der Waals surface area contributed by atoms with E-state index in [1.165, 1.54) is 4.31 Å². The predicted molar refractivity (Wildman–Crippen MR) is 85.5 cm³/mol. The fourth-order valence-electron chi connectivity index (χ4n) is 3.96. The first-order valence-corrected chi connectivity index (χ1v) is 9.46. The van der Waals surface area contributed by atoms with Crippen LogP contribution in [-0.2, 0) is 27.8 Å². The maximum atomic E-state index is 13.0. The Labute approximate surface area is 135 Å². The number of aliphatic carboxylic acids is 1. The standard InChI is InChI=1S/C16H20N2O4S/c19-16(20)8-11-1-2-12-5-6-18(15(12)7-11)23(21,22)17-9-13-3-4-14(13)10-17/h1-2,7,13-14H,3-6,8-10H2,(H,19,20)/t13-,14+. The van der Waals surface area contributed by atoms with E-state index in [9.17, 15) is 13.2 Å². The summed E-state index contributed by atoms with van der Waals surface area (Å²) in [6.07, 6.45) is 2.86. The van der Waals surface area contributed by atoms with E-state index in [1.807, 2.05) is 6.07 Å². The first kappa shape index (κ1) is 15.0. The molecule has 1 aromatic rings. The number of hydrogen-bond donors (Lipinski definition) is 1. The van der Waals surface area contributed by atoms with E-state index in [2.05, 4.69) is 0 Å². The highest BCUT2D eigenvalue weighted by Crippen LogP contribution is 2.43. The maximum Gasteiger partial charge on any atom is 0.307 e. The van der Waals surface area contributed by atoms with Crippen molar-refractivity contribution in [2.24, 2.45) is 11.8 Å². The zero-order valence-corrected chi connectivity index (χ0v) is 13.6. The van der Waals surface area contributed by atoms with Crippen molar-refractivity contribution in [3.8, 4) is 0 Å². The second-order valence-corrected chi connectivity index (χ2v) is 8.63. The third-order valence-corrected chi connectivity index (χ3v) is 7.30. The van der Waals surface area contributed by atoms with Gasteiger partial charge in [-0.05, 0) is 48.3 Å². The van der Waals surface area contributed by atoms with E-state index < -0.39 is 16.2 Å². The number of carbonyl (C=O) groups is 1. The fraction of sp³-hybridized carbons (Fsp3) is 0.562. The summed E-state index contributed by atoms with van der Waals surface area (Å²) in [5.41, 5.74) is 2.27. The van der Waals surface area contributed by atoms with E-state index >= 15 is 0 Å². The summed E-state index contributed by atoms with van der Waals surface area (Å²) in [7, 11) is -3.50. The minimum atomic E-state index is -3.50. The van der Waals surface area contributed by atoms with E-state index in [0.29, 0.717) is 49.1 Å². The van der Waals surface area contributed by atoms with Crippen molar-refractivity contribution in [1.82, 2.24) is 4.31 Å². The van der Waals surface area contributed by atoms with Crippen LogP contribution < -0.4 is 4.31 Å². The molecule has 0 bridgehead atoms. The molecule has 6 nitrogen and oxygen atoms in total. The number of benzene rings is 1. The quantitative estimate of drug-likeness (QED) is 0.898. The predicted octanol–water partition coefficient (Wildman–Crippen LogP) is 1.26. The van der Waals surface area contributed by atoms with Gasteiger partial charge in [-0.2, -0.15) is 12.7 Å². The van der Waals surface area contributed by atoms with E-state index in [-0.39, 0.29) is 6.42 Å². The van der Waals surface area contributed by atoms with Gasteiger partial charge in [-0.25, -0.2) is 0 Å². The first-order chi connectivity index (χ1) is 10.9. The summed E-state index contributed by atoms with van der Waals surface area (Å²) < 4.78 is 29.1. The summed E-state index contributed by atoms with van der Waals surface area (Å²) >= 11 is 0. The van der Waals surface area contributed by atoms with Gasteiger partial charge in [0.25, 0.3) is 0 Å². The third-order valence-electron chi connectivity index (χ3n) is 5.41. The number of fused-ring (bicyclic) bond motifs is 2. The molecule has 4 rings (SSSR count). The molecule has 3 aliphatic rings. The largest absolute Gasteiger partial charge is 0.481 e. The lowest BCUT2D eigenvalue weighted by Crippen LogP contribution is -2.42. The van der Waals surface area contributed by atoms with Crippen LogP contribution in [0.2, 0.25) is 0 Å². The molecular weight excluding hydrogens is 316 g/mol. The van der Waals surface area contributed by atoms with Crippen LogP contribution >= 0.6 is 0 Å². The van der Waals surface area contributed by atoms with Crippen molar-refractivity contribution in [2.75, 3.05) is 23.9 Å². The van der Waals surface area contributed by atoms with E-state index in [0.717, 1.165) is 18.4 Å². The molecule has 23 heavy (non-hydrogen) atoms. The number of rotatable bonds is 4. The van der Waals surface area contributed by atoms with Gasteiger partial charge >= 0.3 is 16.2 Å². The molecule has 1 saturated carbocycles. The SMILES string of the molecule is O=C(O)Cc1ccc2c(c1)N(S(=O)(=O)N1C[C@H]3CC[C@H]3C1)CC2. The summed E-state index contributed by atoms with van der Waals surface area (Å²) in [5, 5.41) is 8.94. The molecular formula is C16H20N2O4S. The second kappa shape index (κ2) is 5.21. The van der Waals surface area contributed by atoms with Gasteiger partial charge in [-0.15, -0.1) is 0 Å². The van der Waals surface area contributed by atoms with Gasteiger partial charge in [0.15, 0.2) is 0 Å². The zero-order valence-electron chi connectivity index (χ0n) is 12.8. The van der Waals surface area contributed by atoms with E-state index in [4.69, 9.17) is 5.11 Å². The number of hydrogen-bond acceptors (Lipinski definition) is 3. The summed E-state index contributed by atoms with van der Waals surface area (Å²) in [5.74, 6) is 0.156. The maximum absolute atomic E-state index is 13.0. The number of nitrogens with zero attached hydrogens (tertiary/aromatic N) is 2. The average Bonchev–Trinajstić information content (AvgIpc) is 3.00. The molecule has 1 N–H and O–H groups in total. The smallest absolute Gasteiger partial charge is 0.307 e. The molecule has 1 aliphatic carbocycles. The van der Waals surface area contributed by atoms with Crippen LogP contribution in [0.1, 0.15) is 24.0 Å². The molecule has 2 atom stereocenters. The molecule has 124 valence electrons. The Bertz CT molecular complexity index is 749. The van der Waals surface area contributed by atoms with Gasteiger partial charge < -0.3 is 5.11 Å². The molecule has 2 fully saturated rings. The molecule has 0 aromatic heterocycles. The molecule has 0 amide bonds. The van der Waals surface area contributed by atoms with Gasteiger partial charge in [0.1, 0.15) is 0 Å². The molecule has 0 radical (unpaired) electrons. The highest BCUT2D eigenvalue weighted by molar-refractivity contribution is 7.90. The van der Waals surface area contributed by atoms with Crippen LogP contribution in [0.3, 0.4) is 0 Å². The summed E-state index contributed by atoms with van der Waals surface area (Å²) in [4.78, 5) is 10.9. The topological polar surface area (TPSA) is 77.9 Å². The van der Waals surface area contributed by atoms with Gasteiger partial charge in [0.05, 0.1) is 12.1 Å². The normalized spacial score (nSPS) is 26.7. The molecule has 0 unspecified atom stereocenters. The second-order valence-electron chi connectivity index (χ2n) is 6.78. The molecule has 2 aliphatic heterocycles. The Morgan fingerprint density at radius 2 is 1.91 bits per heavy atom. The van der Waals surface area contributed by atoms with Crippen LogP contribution in [0.15, 0.2) is 18.2 Å². The Kier molecular flexibility index (Phi) is 3.39. The van der Waals surface area contributed by atoms with Crippen molar-refractivity contribution in [3.63, 3.8) is 0 Å².